The van der Waals surface area contributed by atoms with Crippen molar-refractivity contribution in [3.63, 3.8) is 0 Å². The molecule has 1 rings (SSSR count). The van der Waals surface area contributed by atoms with Crippen LogP contribution in [0.4, 0.5) is 5.69 Å². The number of likely N-dealkylation sites (N-methyl/N-ethyl adjacent to an activating group) is 1. The van der Waals surface area contributed by atoms with Crippen LogP contribution in [0.3, 0.4) is 0 Å². The zero-order chi connectivity index (χ0) is 16.5. The minimum atomic E-state index is -0.524. The Kier molecular flexibility index (Phi) is 7.91. The summed E-state index contributed by atoms with van der Waals surface area (Å²) < 4.78 is 5.57. The third-order valence-electron chi connectivity index (χ3n) is 3.46. The first-order valence-electron chi connectivity index (χ1n) is 7.77. The number of hydrogen-bond donors (Lipinski definition) is 2. The number of nitrogens with zero attached hydrogens (tertiary/aromatic N) is 1. The van der Waals surface area contributed by atoms with Crippen LogP contribution in [0.5, 0.6) is 5.75 Å². The molecule has 0 aromatic heterocycles. The molecular formula is C17H28N2O3. The highest BCUT2D eigenvalue weighted by molar-refractivity contribution is 5.88. The van der Waals surface area contributed by atoms with Crippen molar-refractivity contribution >= 4 is 11.6 Å². The molecule has 0 aliphatic heterocycles. The molecule has 1 amide bonds. The van der Waals surface area contributed by atoms with E-state index in [-0.39, 0.29) is 12.5 Å². The standard InChI is InChI=1S/C17H28N2O3/c1-5-13(2)10-19(4)11-16(21)12-22-17-8-6-15(7-9-17)18-14(3)20/h6-9,13,16,21H,5,10-12H2,1-4H3,(H,18,20). The van der Waals surface area contributed by atoms with Crippen molar-refractivity contribution in [2.24, 2.45) is 5.92 Å². The van der Waals surface area contributed by atoms with Crippen LogP contribution in [0.2, 0.25) is 0 Å². The van der Waals surface area contributed by atoms with Crippen LogP contribution in [0, 0.1) is 5.92 Å². The third kappa shape index (κ3) is 7.43. The van der Waals surface area contributed by atoms with Gasteiger partial charge in [0.2, 0.25) is 5.91 Å². The van der Waals surface area contributed by atoms with Gasteiger partial charge < -0.3 is 20.1 Å². The Morgan fingerprint density at radius 2 is 1.95 bits per heavy atom. The van der Waals surface area contributed by atoms with E-state index in [1.165, 1.54) is 6.92 Å². The third-order valence-corrected chi connectivity index (χ3v) is 3.46. The first-order chi connectivity index (χ1) is 10.4. The van der Waals surface area contributed by atoms with Gasteiger partial charge in [0.25, 0.3) is 0 Å². The van der Waals surface area contributed by atoms with Crippen LogP contribution in [0.15, 0.2) is 24.3 Å². The molecule has 5 nitrogen and oxygen atoms in total. The van der Waals surface area contributed by atoms with E-state index < -0.39 is 6.10 Å². The summed E-state index contributed by atoms with van der Waals surface area (Å²) in [6.45, 7) is 7.66. The maximum atomic E-state index is 10.9. The highest BCUT2D eigenvalue weighted by Gasteiger charge is 2.11. The summed E-state index contributed by atoms with van der Waals surface area (Å²) in [6, 6.07) is 7.11. The van der Waals surface area contributed by atoms with E-state index in [0.29, 0.717) is 18.2 Å². The van der Waals surface area contributed by atoms with Crippen molar-refractivity contribution in [1.29, 1.82) is 0 Å². The van der Waals surface area contributed by atoms with Crippen molar-refractivity contribution in [3.05, 3.63) is 24.3 Å². The number of anilines is 1. The zero-order valence-corrected chi connectivity index (χ0v) is 14.0. The number of aliphatic hydroxyl groups excluding tert-OH is 1. The smallest absolute Gasteiger partial charge is 0.221 e. The maximum absolute atomic E-state index is 10.9. The first-order valence-corrected chi connectivity index (χ1v) is 7.77. The molecule has 0 saturated carbocycles. The van der Waals surface area contributed by atoms with Gasteiger partial charge in [0.15, 0.2) is 0 Å². The summed E-state index contributed by atoms with van der Waals surface area (Å²) >= 11 is 0. The molecule has 0 aliphatic carbocycles. The van der Waals surface area contributed by atoms with E-state index in [1.54, 1.807) is 24.3 Å². The number of carbonyl (C=O) groups excluding carboxylic acids is 1. The van der Waals surface area contributed by atoms with E-state index >= 15 is 0 Å². The summed E-state index contributed by atoms with van der Waals surface area (Å²) in [6.07, 6.45) is 0.612. The van der Waals surface area contributed by atoms with Crippen LogP contribution < -0.4 is 10.1 Å². The maximum Gasteiger partial charge on any atom is 0.221 e. The number of rotatable bonds is 9. The molecular weight excluding hydrogens is 280 g/mol. The van der Waals surface area contributed by atoms with Gasteiger partial charge in [-0.2, -0.15) is 0 Å². The second kappa shape index (κ2) is 9.43. The van der Waals surface area contributed by atoms with Crippen LogP contribution in [0.1, 0.15) is 27.2 Å². The number of aliphatic hydroxyl groups is 1. The van der Waals surface area contributed by atoms with E-state index in [4.69, 9.17) is 4.74 Å². The van der Waals surface area contributed by atoms with Gasteiger partial charge in [-0.15, -0.1) is 0 Å². The number of ether oxygens (including phenoxy) is 1. The van der Waals surface area contributed by atoms with Crippen LogP contribution in [-0.4, -0.2) is 48.8 Å². The molecule has 5 heteroatoms. The van der Waals surface area contributed by atoms with Crippen molar-refractivity contribution in [3.8, 4) is 5.75 Å². The number of benzene rings is 1. The molecule has 0 bridgehead atoms. The molecule has 2 N–H and O–H groups in total. The fourth-order valence-corrected chi connectivity index (χ4v) is 2.18. The van der Waals surface area contributed by atoms with E-state index in [2.05, 4.69) is 24.1 Å². The molecule has 2 unspecified atom stereocenters. The number of nitrogens with one attached hydrogen (secondary N) is 1. The predicted molar refractivity (Wildman–Crippen MR) is 89.2 cm³/mol. The Balaban J connectivity index is 2.34. The minimum absolute atomic E-state index is 0.103. The van der Waals surface area contributed by atoms with E-state index in [9.17, 15) is 9.90 Å². The monoisotopic (exact) mass is 308 g/mol. The molecule has 22 heavy (non-hydrogen) atoms. The Morgan fingerprint density at radius 1 is 1.32 bits per heavy atom. The second-order valence-corrected chi connectivity index (χ2v) is 5.91. The molecule has 0 fully saturated rings. The fourth-order valence-electron chi connectivity index (χ4n) is 2.18. The fraction of sp³-hybridized carbons (Fsp3) is 0.588. The SMILES string of the molecule is CCC(C)CN(C)CC(O)COc1ccc(NC(C)=O)cc1. The van der Waals surface area contributed by atoms with Crippen molar-refractivity contribution in [2.75, 3.05) is 32.1 Å². The van der Waals surface area contributed by atoms with Crippen molar-refractivity contribution < 1.29 is 14.6 Å². The first kappa shape index (κ1) is 18.5. The van der Waals surface area contributed by atoms with Gasteiger partial charge in [-0.1, -0.05) is 20.3 Å². The largest absolute Gasteiger partial charge is 0.491 e. The lowest BCUT2D eigenvalue weighted by Gasteiger charge is -2.23. The zero-order valence-electron chi connectivity index (χ0n) is 14.0. The molecule has 1 aromatic carbocycles. The second-order valence-electron chi connectivity index (χ2n) is 5.91. The Labute approximate surface area is 133 Å². The Morgan fingerprint density at radius 3 is 2.50 bits per heavy atom. The molecule has 0 aliphatic rings. The van der Waals surface area contributed by atoms with E-state index in [1.807, 2.05) is 7.05 Å². The van der Waals surface area contributed by atoms with Gasteiger partial charge >= 0.3 is 0 Å². The number of carbonyl (C=O) groups is 1. The Bertz CT molecular complexity index is 448. The Hall–Kier alpha value is -1.59. The van der Waals surface area contributed by atoms with Crippen LogP contribution >= 0.6 is 0 Å². The van der Waals surface area contributed by atoms with Crippen LogP contribution in [-0.2, 0) is 4.79 Å². The molecule has 124 valence electrons. The number of amides is 1. The van der Waals surface area contributed by atoms with Crippen LogP contribution in [0.25, 0.3) is 0 Å². The number of hydrogen-bond acceptors (Lipinski definition) is 4. The van der Waals surface area contributed by atoms with Gasteiger partial charge in [0.05, 0.1) is 0 Å². The summed E-state index contributed by atoms with van der Waals surface area (Å²) in [5.41, 5.74) is 0.730. The molecule has 0 radical (unpaired) electrons. The molecule has 0 heterocycles. The average Bonchev–Trinajstić information content (AvgIpc) is 2.45. The normalized spacial score (nSPS) is 13.7. The molecule has 2 atom stereocenters. The van der Waals surface area contributed by atoms with Gasteiger partial charge in [0.1, 0.15) is 18.5 Å². The van der Waals surface area contributed by atoms with Crippen molar-refractivity contribution in [1.82, 2.24) is 4.90 Å². The van der Waals surface area contributed by atoms with Gasteiger partial charge in [0, 0.05) is 25.7 Å². The lowest BCUT2D eigenvalue weighted by Crippen LogP contribution is -2.35. The highest BCUT2D eigenvalue weighted by Crippen LogP contribution is 2.16. The summed E-state index contributed by atoms with van der Waals surface area (Å²) in [5, 5.41) is 12.7. The average molecular weight is 308 g/mol. The molecule has 0 spiro atoms. The molecule has 0 saturated heterocycles. The minimum Gasteiger partial charge on any atom is -0.491 e. The lowest BCUT2D eigenvalue weighted by molar-refractivity contribution is -0.114. The predicted octanol–water partition coefficient (Wildman–Crippen LogP) is 2.36. The quantitative estimate of drug-likeness (QED) is 0.735. The van der Waals surface area contributed by atoms with Gasteiger partial charge in [-0.3, -0.25) is 4.79 Å². The highest BCUT2D eigenvalue weighted by atomic mass is 16.5. The summed E-state index contributed by atoms with van der Waals surface area (Å²) in [5.74, 6) is 1.20. The van der Waals surface area contributed by atoms with E-state index in [0.717, 1.165) is 18.7 Å². The van der Waals surface area contributed by atoms with Crippen molar-refractivity contribution in [2.45, 2.75) is 33.3 Å². The van der Waals surface area contributed by atoms with Gasteiger partial charge in [-0.05, 0) is 37.2 Å². The summed E-state index contributed by atoms with van der Waals surface area (Å²) in [4.78, 5) is 13.1. The summed E-state index contributed by atoms with van der Waals surface area (Å²) in [7, 11) is 2.01. The molecule has 1 aromatic rings. The lowest BCUT2D eigenvalue weighted by atomic mass is 10.1. The topological polar surface area (TPSA) is 61.8 Å². The van der Waals surface area contributed by atoms with Gasteiger partial charge in [-0.25, -0.2) is 0 Å².